The fraction of sp³-hybridized carbons (Fsp3) is 0.278. The Kier molecular flexibility index (Phi) is 4.69. The lowest BCUT2D eigenvalue weighted by Gasteiger charge is -2.26. The third kappa shape index (κ3) is 4.01. The minimum Gasteiger partial charge on any atom is -0.345 e. The number of hydrogen-bond donors (Lipinski definition) is 2. The minimum absolute atomic E-state index is 0.0200. The van der Waals surface area contributed by atoms with E-state index in [1.165, 1.54) is 11.1 Å². The van der Waals surface area contributed by atoms with E-state index in [0.29, 0.717) is 11.1 Å². The molecule has 0 unspecified atom stereocenters. The van der Waals surface area contributed by atoms with E-state index in [9.17, 15) is 13.2 Å². The highest BCUT2D eigenvalue weighted by molar-refractivity contribution is 7.88. The summed E-state index contributed by atoms with van der Waals surface area (Å²) in [5.74, 6) is -0.385. The van der Waals surface area contributed by atoms with Crippen LogP contribution in [0.5, 0.6) is 0 Å². The van der Waals surface area contributed by atoms with E-state index in [1.807, 2.05) is 12.1 Å². The summed E-state index contributed by atoms with van der Waals surface area (Å²) in [4.78, 5) is 12.5. The number of aryl methyl sites for hydroxylation is 1. The number of nitrogens with two attached hydrogens (primary N) is 1. The average molecular weight is 344 g/mol. The number of primary sulfonamides is 1. The van der Waals surface area contributed by atoms with Gasteiger partial charge >= 0.3 is 0 Å². The van der Waals surface area contributed by atoms with E-state index in [-0.39, 0.29) is 17.7 Å². The van der Waals surface area contributed by atoms with Crippen LogP contribution in [0.25, 0.3) is 0 Å². The first-order valence-corrected chi connectivity index (χ1v) is 9.62. The number of carbonyl (C=O) groups excluding carboxylic acids is 1. The monoisotopic (exact) mass is 344 g/mol. The third-order valence-corrected chi connectivity index (χ3v) is 4.99. The summed E-state index contributed by atoms with van der Waals surface area (Å²) < 4.78 is 22.2. The number of benzene rings is 2. The smallest absolute Gasteiger partial charge is 0.251 e. The van der Waals surface area contributed by atoms with Crippen LogP contribution in [-0.2, 0) is 22.2 Å². The Bertz CT molecular complexity index is 845. The minimum atomic E-state index is -3.57. The number of sulfonamides is 1. The van der Waals surface area contributed by atoms with Crippen molar-refractivity contribution in [2.24, 2.45) is 5.14 Å². The molecule has 24 heavy (non-hydrogen) atoms. The molecule has 0 fully saturated rings. The molecule has 2 aromatic carbocycles. The Morgan fingerprint density at radius 2 is 1.83 bits per heavy atom. The van der Waals surface area contributed by atoms with Gasteiger partial charge in [-0.3, -0.25) is 4.79 Å². The molecule has 6 heteroatoms. The van der Waals surface area contributed by atoms with Crippen LogP contribution in [0.3, 0.4) is 0 Å². The van der Waals surface area contributed by atoms with Gasteiger partial charge in [-0.25, -0.2) is 13.6 Å². The number of fused-ring (bicyclic) bond motifs is 1. The van der Waals surface area contributed by atoms with Gasteiger partial charge in [0.2, 0.25) is 10.0 Å². The first-order chi connectivity index (χ1) is 11.4. The molecule has 0 bridgehead atoms. The van der Waals surface area contributed by atoms with Crippen LogP contribution in [0.4, 0.5) is 0 Å². The molecule has 2 aromatic rings. The van der Waals surface area contributed by atoms with Gasteiger partial charge in [-0.05, 0) is 48.1 Å². The van der Waals surface area contributed by atoms with Gasteiger partial charge in [0.25, 0.3) is 5.91 Å². The molecule has 0 saturated carbocycles. The zero-order valence-corrected chi connectivity index (χ0v) is 14.1. The van der Waals surface area contributed by atoms with Crippen LogP contribution < -0.4 is 10.5 Å². The van der Waals surface area contributed by atoms with Crippen LogP contribution in [-0.4, -0.2) is 14.3 Å². The lowest BCUT2D eigenvalue weighted by molar-refractivity contribution is 0.0932. The van der Waals surface area contributed by atoms with Crippen molar-refractivity contribution in [1.29, 1.82) is 0 Å². The Labute approximate surface area is 141 Å². The van der Waals surface area contributed by atoms with E-state index in [4.69, 9.17) is 5.14 Å². The van der Waals surface area contributed by atoms with E-state index in [1.54, 1.807) is 24.3 Å². The number of nitrogens with one attached hydrogen (secondary N) is 1. The standard InChI is InChI=1S/C18H20N2O3S/c19-24(22,23)12-13-8-10-15(11-9-13)18(21)20-17-7-3-5-14-4-1-2-6-16(14)17/h1-2,4,6,8-11,17H,3,5,7,12H2,(H,20,21)(H2,19,22,23)/t17-/m1/s1. The summed E-state index contributed by atoms with van der Waals surface area (Å²) in [5, 5.41) is 8.10. The van der Waals surface area contributed by atoms with Crippen LogP contribution in [0.2, 0.25) is 0 Å². The maximum Gasteiger partial charge on any atom is 0.251 e. The molecule has 0 saturated heterocycles. The summed E-state index contributed by atoms with van der Waals surface area (Å²) in [5.41, 5.74) is 3.55. The first kappa shape index (κ1) is 16.7. The molecular formula is C18H20N2O3S. The van der Waals surface area contributed by atoms with Crippen LogP contribution in [0.1, 0.15) is 45.9 Å². The molecule has 3 N–H and O–H groups in total. The second-order valence-corrected chi connectivity index (χ2v) is 7.74. The van der Waals surface area contributed by atoms with Gasteiger partial charge in [0, 0.05) is 5.56 Å². The Morgan fingerprint density at radius 1 is 1.12 bits per heavy atom. The molecule has 0 heterocycles. The highest BCUT2D eigenvalue weighted by atomic mass is 32.2. The number of amides is 1. The van der Waals surface area contributed by atoms with Crippen molar-refractivity contribution in [3.63, 3.8) is 0 Å². The third-order valence-electron chi connectivity index (χ3n) is 4.26. The van der Waals surface area contributed by atoms with Gasteiger partial charge in [0.15, 0.2) is 0 Å². The number of carbonyl (C=O) groups is 1. The van der Waals surface area contributed by atoms with Crippen LogP contribution >= 0.6 is 0 Å². The summed E-state index contributed by atoms with van der Waals surface area (Å²) in [7, 11) is -3.57. The van der Waals surface area contributed by atoms with Gasteiger partial charge in [-0.15, -0.1) is 0 Å². The fourth-order valence-electron chi connectivity index (χ4n) is 3.13. The SMILES string of the molecule is NS(=O)(=O)Cc1ccc(C(=O)N[C@@H]2CCCc3ccccc32)cc1. The summed E-state index contributed by atoms with van der Waals surface area (Å²) in [6, 6.07) is 14.7. The maximum absolute atomic E-state index is 12.5. The first-order valence-electron chi connectivity index (χ1n) is 7.90. The highest BCUT2D eigenvalue weighted by Gasteiger charge is 2.21. The van der Waals surface area contributed by atoms with Crippen molar-refractivity contribution in [2.45, 2.75) is 31.1 Å². The van der Waals surface area contributed by atoms with E-state index in [2.05, 4.69) is 17.4 Å². The molecule has 5 nitrogen and oxygen atoms in total. The van der Waals surface area contributed by atoms with Gasteiger partial charge in [0.1, 0.15) is 0 Å². The van der Waals surface area contributed by atoms with Gasteiger partial charge < -0.3 is 5.32 Å². The normalized spacial score (nSPS) is 17.1. The molecule has 3 rings (SSSR count). The average Bonchev–Trinajstić information content (AvgIpc) is 2.54. The second kappa shape index (κ2) is 6.75. The molecule has 1 amide bonds. The molecule has 1 aliphatic carbocycles. The second-order valence-electron chi connectivity index (χ2n) is 6.12. The molecular weight excluding hydrogens is 324 g/mol. The summed E-state index contributed by atoms with van der Waals surface area (Å²) in [6.45, 7) is 0. The zero-order valence-electron chi connectivity index (χ0n) is 13.2. The lowest BCUT2D eigenvalue weighted by Crippen LogP contribution is -2.30. The quantitative estimate of drug-likeness (QED) is 0.892. The lowest BCUT2D eigenvalue weighted by atomic mass is 9.87. The molecule has 126 valence electrons. The zero-order chi connectivity index (χ0) is 17.2. The number of rotatable bonds is 4. The maximum atomic E-state index is 12.5. The summed E-state index contributed by atoms with van der Waals surface area (Å²) in [6.07, 6.45) is 3.02. The van der Waals surface area contributed by atoms with Crippen LogP contribution in [0.15, 0.2) is 48.5 Å². The van der Waals surface area contributed by atoms with Crippen molar-refractivity contribution in [3.05, 3.63) is 70.8 Å². The van der Waals surface area contributed by atoms with Gasteiger partial charge in [-0.1, -0.05) is 36.4 Å². The van der Waals surface area contributed by atoms with E-state index >= 15 is 0 Å². The molecule has 1 atom stereocenters. The number of hydrogen-bond acceptors (Lipinski definition) is 3. The fourth-order valence-corrected chi connectivity index (χ4v) is 3.79. The molecule has 0 aromatic heterocycles. The van der Waals surface area contributed by atoms with Gasteiger partial charge in [-0.2, -0.15) is 0 Å². The van der Waals surface area contributed by atoms with E-state index < -0.39 is 10.0 Å². The van der Waals surface area contributed by atoms with Gasteiger partial charge in [0.05, 0.1) is 11.8 Å². The molecule has 0 radical (unpaired) electrons. The Balaban J connectivity index is 1.72. The molecule has 0 aliphatic heterocycles. The van der Waals surface area contributed by atoms with Crippen molar-refractivity contribution in [3.8, 4) is 0 Å². The molecule has 1 aliphatic rings. The topological polar surface area (TPSA) is 89.3 Å². The highest BCUT2D eigenvalue weighted by Crippen LogP contribution is 2.29. The summed E-state index contributed by atoms with van der Waals surface area (Å²) >= 11 is 0. The van der Waals surface area contributed by atoms with Crippen molar-refractivity contribution < 1.29 is 13.2 Å². The van der Waals surface area contributed by atoms with Crippen molar-refractivity contribution in [1.82, 2.24) is 5.32 Å². The Morgan fingerprint density at radius 3 is 2.54 bits per heavy atom. The Hall–Kier alpha value is -2.18. The van der Waals surface area contributed by atoms with Crippen molar-refractivity contribution >= 4 is 15.9 Å². The van der Waals surface area contributed by atoms with E-state index in [0.717, 1.165) is 19.3 Å². The van der Waals surface area contributed by atoms with Crippen LogP contribution in [0, 0.1) is 0 Å². The predicted molar refractivity (Wildman–Crippen MR) is 92.8 cm³/mol. The predicted octanol–water partition coefficient (Wildman–Crippen LogP) is 2.28. The van der Waals surface area contributed by atoms with Crippen molar-refractivity contribution in [2.75, 3.05) is 0 Å². The molecule has 0 spiro atoms. The largest absolute Gasteiger partial charge is 0.345 e.